The van der Waals surface area contributed by atoms with Gasteiger partial charge in [-0.15, -0.1) is 0 Å². The first-order valence-corrected chi connectivity index (χ1v) is 8.81. The van der Waals surface area contributed by atoms with Crippen LogP contribution in [-0.4, -0.2) is 16.9 Å². The molecule has 0 saturated heterocycles. The molecule has 3 rings (SSSR count). The van der Waals surface area contributed by atoms with Crippen LogP contribution in [0.3, 0.4) is 0 Å². The predicted octanol–water partition coefficient (Wildman–Crippen LogP) is 5.32. The van der Waals surface area contributed by atoms with Crippen LogP contribution in [-0.2, 0) is 0 Å². The Morgan fingerprint density at radius 1 is 1.08 bits per heavy atom. The van der Waals surface area contributed by atoms with Gasteiger partial charge in [-0.2, -0.15) is 0 Å². The third kappa shape index (κ3) is 3.40. The van der Waals surface area contributed by atoms with Crippen LogP contribution in [0.15, 0.2) is 53.1 Å². The Hall–Kier alpha value is -2.88. The average Bonchev–Trinajstić information content (AvgIpc) is 3.12. The highest BCUT2D eigenvalue weighted by Crippen LogP contribution is 2.27. The van der Waals surface area contributed by atoms with Gasteiger partial charge in [0.15, 0.2) is 5.76 Å². The van der Waals surface area contributed by atoms with Gasteiger partial charge in [0.25, 0.3) is 5.91 Å². The van der Waals surface area contributed by atoms with Crippen LogP contribution in [0.25, 0.3) is 11.5 Å². The number of hydrogen-bond acceptors (Lipinski definition) is 3. The molecular formula is C22H24N2O2. The van der Waals surface area contributed by atoms with Crippen molar-refractivity contribution in [2.24, 2.45) is 0 Å². The fourth-order valence-electron chi connectivity index (χ4n) is 3.08. The van der Waals surface area contributed by atoms with Crippen molar-refractivity contribution in [2.45, 2.75) is 40.7 Å². The minimum absolute atomic E-state index is 0.0344. The maximum atomic E-state index is 13.3. The van der Waals surface area contributed by atoms with E-state index in [2.05, 4.69) is 23.2 Å². The van der Waals surface area contributed by atoms with Gasteiger partial charge in [-0.05, 0) is 76.1 Å². The van der Waals surface area contributed by atoms with Crippen molar-refractivity contribution < 1.29 is 9.21 Å². The number of benzene rings is 1. The van der Waals surface area contributed by atoms with Gasteiger partial charge in [-0.25, -0.2) is 4.98 Å². The van der Waals surface area contributed by atoms with Crippen molar-refractivity contribution in [2.75, 3.05) is 4.90 Å². The minimum atomic E-state index is -0.0373. The van der Waals surface area contributed by atoms with Crippen molar-refractivity contribution in [3.8, 4) is 11.5 Å². The fourth-order valence-corrected chi connectivity index (χ4v) is 3.08. The number of carbonyl (C=O) groups excluding carboxylic acids is 1. The smallest absolute Gasteiger partial charge is 0.260 e. The third-order valence-electron chi connectivity index (χ3n) is 4.45. The molecule has 0 aliphatic carbocycles. The van der Waals surface area contributed by atoms with E-state index >= 15 is 0 Å². The lowest BCUT2D eigenvalue weighted by Crippen LogP contribution is -2.38. The number of aryl methyl sites for hydroxylation is 3. The Morgan fingerprint density at radius 2 is 1.85 bits per heavy atom. The van der Waals surface area contributed by atoms with Gasteiger partial charge in [0, 0.05) is 11.7 Å². The molecule has 26 heavy (non-hydrogen) atoms. The molecule has 3 aromatic rings. The zero-order valence-corrected chi connectivity index (χ0v) is 15.9. The molecule has 0 atom stereocenters. The van der Waals surface area contributed by atoms with Crippen LogP contribution in [0.2, 0.25) is 0 Å². The van der Waals surface area contributed by atoms with Gasteiger partial charge in [-0.1, -0.05) is 12.1 Å². The van der Waals surface area contributed by atoms with Crippen LogP contribution < -0.4 is 4.90 Å². The number of rotatable bonds is 4. The first kappa shape index (κ1) is 17.9. The number of aromatic nitrogens is 1. The first-order valence-electron chi connectivity index (χ1n) is 8.81. The average molecular weight is 348 g/mol. The summed E-state index contributed by atoms with van der Waals surface area (Å²) in [6.45, 7) is 9.99. The van der Waals surface area contributed by atoms with Crippen molar-refractivity contribution in [1.82, 2.24) is 4.98 Å². The highest BCUT2D eigenvalue weighted by atomic mass is 16.3. The van der Waals surface area contributed by atoms with E-state index in [9.17, 15) is 4.79 Å². The number of amides is 1. The van der Waals surface area contributed by atoms with Crippen molar-refractivity contribution in [3.63, 3.8) is 0 Å². The van der Waals surface area contributed by atoms with Gasteiger partial charge in [0.1, 0.15) is 5.69 Å². The molecule has 0 saturated carbocycles. The van der Waals surface area contributed by atoms with E-state index in [0.29, 0.717) is 17.0 Å². The Labute approximate surface area is 154 Å². The molecule has 4 nitrogen and oxygen atoms in total. The second-order valence-electron chi connectivity index (χ2n) is 6.87. The summed E-state index contributed by atoms with van der Waals surface area (Å²) in [4.78, 5) is 19.7. The molecule has 0 fully saturated rings. The van der Waals surface area contributed by atoms with Crippen LogP contribution in [0, 0.1) is 20.8 Å². The quantitative estimate of drug-likeness (QED) is 0.641. The molecule has 0 bridgehead atoms. The SMILES string of the molecule is Cc1ccc(C)c(N(C(=O)c2ccc(-c3ccco3)nc2C)C(C)C)c1. The van der Waals surface area contributed by atoms with Gasteiger partial charge in [-0.3, -0.25) is 4.79 Å². The summed E-state index contributed by atoms with van der Waals surface area (Å²) in [6.07, 6.45) is 1.62. The Bertz CT molecular complexity index is 927. The van der Waals surface area contributed by atoms with E-state index in [1.807, 2.05) is 63.8 Å². The number of anilines is 1. The first-order chi connectivity index (χ1) is 12.4. The molecule has 0 N–H and O–H groups in total. The molecule has 2 heterocycles. The van der Waals surface area contributed by atoms with Crippen LogP contribution >= 0.6 is 0 Å². The maximum Gasteiger partial charge on any atom is 0.260 e. The van der Waals surface area contributed by atoms with Crippen LogP contribution in [0.4, 0.5) is 5.69 Å². The highest BCUT2D eigenvalue weighted by molar-refractivity contribution is 6.07. The Morgan fingerprint density at radius 3 is 2.46 bits per heavy atom. The second-order valence-corrected chi connectivity index (χ2v) is 6.87. The van der Waals surface area contributed by atoms with E-state index < -0.39 is 0 Å². The van der Waals surface area contributed by atoms with E-state index in [0.717, 1.165) is 22.5 Å². The molecule has 0 aliphatic rings. The number of pyridine rings is 1. The van der Waals surface area contributed by atoms with Gasteiger partial charge >= 0.3 is 0 Å². The molecular weight excluding hydrogens is 324 g/mol. The monoisotopic (exact) mass is 348 g/mol. The highest BCUT2D eigenvalue weighted by Gasteiger charge is 2.24. The summed E-state index contributed by atoms with van der Waals surface area (Å²) in [7, 11) is 0. The minimum Gasteiger partial charge on any atom is -0.463 e. The molecule has 4 heteroatoms. The Kier molecular flexibility index (Phi) is 4.94. The standard InChI is InChI=1S/C22H24N2O2/c1-14(2)24(20-13-15(3)8-9-16(20)4)22(25)18-10-11-19(23-17(18)5)21-7-6-12-26-21/h6-14H,1-5H3. The van der Waals surface area contributed by atoms with Crippen molar-refractivity contribution in [3.05, 3.63) is 71.1 Å². The summed E-state index contributed by atoms with van der Waals surface area (Å²) >= 11 is 0. The van der Waals surface area contributed by atoms with Crippen molar-refractivity contribution >= 4 is 11.6 Å². The predicted molar refractivity (Wildman–Crippen MR) is 105 cm³/mol. The lowest BCUT2D eigenvalue weighted by Gasteiger charge is -2.29. The lowest BCUT2D eigenvalue weighted by atomic mass is 10.1. The molecule has 1 aromatic carbocycles. The molecule has 2 aromatic heterocycles. The zero-order valence-electron chi connectivity index (χ0n) is 15.9. The van der Waals surface area contributed by atoms with E-state index in [1.165, 1.54) is 0 Å². The van der Waals surface area contributed by atoms with Crippen LogP contribution in [0.1, 0.15) is 41.0 Å². The fraction of sp³-hybridized carbons (Fsp3) is 0.273. The summed E-state index contributed by atoms with van der Waals surface area (Å²) in [5.41, 5.74) is 5.18. The number of carbonyl (C=O) groups is 1. The number of nitrogens with zero attached hydrogens (tertiary/aromatic N) is 2. The summed E-state index contributed by atoms with van der Waals surface area (Å²) in [5, 5.41) is 0. The van der Waals surface area contributed by atoms with Crippen LogP contribution in [0.5, 0.6) is 0 Å². The number of hydrogen-bond donors (Lipinski definition) is 0. The lowest BCUT2D eigenvalue weighted by molar-refractivity contribution is 0.0979. The van der Waals surface area contributed by atoms with E-state index in [1.54, 1.807) is 6.26 Å². The van der Waals surface area contributed by atoms with Gasteiger partial charge < -0.3 is 9.32 Å². The summed E-state index contributed by atoms with van der Waals surface area (Å²) < 4.78 is 5.40. The molecule has 0 radical (unpaired) electrons. The van der Waals surface area contributed by atoms with E-state index in [4.69, 9.17) is 4.42 Å². The molecule has 0 spiro atoms. The third-order valence-corrected chi connectivity index (χ3v) is 4.45. The second kappa shape index (κ2) is 7.16. The Balaban J connectivity index is 2.01. The largest absolute Gasteiger partial charge is 0.463 e. The molecule has 134 valence electrons. The number of furan rings is 1. The summed E-state index contributed by atoms with van der Waals surface area (Å²) in [5.74, 6) is 0.659. The van der Waals surface area contributed by atoms with E-state index in [-0.39, 0.29) is 11.9 Å². The normalized spacial score (nSPS) is 11.0. The van der Waals surface area contributed by atoms with Gasteiger partial charge in [0.05, 0.1) is 17.5 Å². The van der Waals surface area contributed by atoms with Crippen molar-refractivity contribution in [1.29, 1.82) is 0 Å². The molecule has 0 aliphatic heterocycles. The van der Waals surface area contributed by atoms with Gasteiger partial charge in [0.2, 0.25) is 0 Å². The molecule has 0 unspecified atom stereocenters. The topological polar surface area (TPSA) is 46.3 Å². The summed E-state index contributed by atoms with van der Waals surface area (Å²) in [6, 6.07) is 13.6. The maximum absolute atomic E-state index is 13.3. The zero-order chi connectivity index (χ0) is 18.8. The molecule has 1 amide bonds.